The van der Waals surface area contributed by atoms with Crippen molar-refractivity contribution >= 4 is 32.8 Å². The molecule has 189 valence electrons. The Labute approximate surface area is 216 Å². The molecule has 2 aromatic rings. The molecule has 2 aromatic carbocycles. The molecule has 1 amide bonds. The monoisotopic (exact) mass is 546 g/mol. The molecule has 0 spiro atoms. The van der Waals surface area contributed by atoms with Gasteiger partial charge in [0.1, 0.15) is 0 Å². The number of carbonyl (C=O) groups is 2. The number of esters is 1. The van der Waals surface area contributed by atoms with Gasteiger partial charge in [0.25, 0.3) is 0 Å². The van der Waals surface area contributed by atoms with Crippen LogP contribution in [0.3, 0.4) is 0 Å². The standard InChI is InChI=1S/C27H36N3O4Se/c1-5-20(4)24(25(31)33-17-21-12-8-6-9-13-21)30-26(35)28-16-23(19(2)3)29-27(32)34-18-22-14-10-7-11-15-22/h6-15,19-20,23-24H,5,16-18H2,1-4H3,(H,28,30)(H,29,32)/t20-,23+,24-/m0/s1. The summed E-state index contributed by atoms with van der Waals surface area (Å²) in [6.45, 7) is 8.80. The zero-order valence-corrected chi connectivity index (χ0v) is 22.6. The molecule has 2 N–H and O–H groups in total. The van der Waals surface area contributed by atoms with E-state index >= 15 is 0 Å². The van der Waals surface area contributed by atoms with Gasteiger partial charge in [-0.1, -0.05) is 0 Å². The third-order valence-corrected chi connectivity index (χ3v) is 6.24. The number of amidine groups is 1. The number of nitrogens with one attached hydrogen (secondary N) is 2. The molecule has 0 saturated carbocycles. The van der Waals surface area contributed by atoms with Crippen LogP contribution in [0.5, 0.6) is 0 Å². The first-order chi connectivity index (χ1) is 16.8. The predicted octanol–water partition coefficient (Wildman–Crippen LogP) is 4.21. The number of benzene rings is 2. The zero-order chi connectivity index (χ0) is 25.6. The summed E-state index contributed by atoms with van der Waals surface area (Å²) < 4.78 is 11.4. The van der Waals surface area contributed by atoms with Crippen LogP contribution in [0.25, 0.3) is 0 Å². The van der Waals surface area contributed by atoms with Crippen molar-refractivity contribution < 1.29 is 19.1 Å². The number of hydrogen-bond acceptors (Lipinski definition) is 5. The molecule has 0 aliphatic rings. The number of hydrogen-bond donors (Lipinski definition) is 2. The number of rotatable bonds is 12. The van der Waals surface area contributed by atoms with Crippen molar-refractivity contribution in [2.45, 2.75) is 59.4 Å². The number of alkyl carbamates (subject to hydrolysis) is 1. The first-order valence-corrected chi connectivity index (χ1v) is 12.8. The van der Waals surface area contributed by atoms with Crippen LogP contribution in [0.2, 0.25) is 0 Å². The molecule has 0 aromatic heterocycles. The Kier molecular flexibility index (Phi) is 12.4. The van der Waals surface area contributed by atoms with Crippen LogP contribution in [0.15, 0.2) is 65.7 Å². The first kappa shape index (κ1) is 28.4. The summed E-state index contributed by atoms with van der Waals surface area (Å²) in [6, 6.07) is 18.4. The summed E-state index contributed by atoms with van der Waals surface area (Å²) in [5.74, 6) is -0.144. The van der Waals surface area contributed by atoms with Crippen LogP contribution >= 0.6 is 0 Å². The van der Waals surface area contributed by atoms with Crippen molar-refractivity contribution in [3.8, 4) is 0 Å². The summed E-state index contributed by atoms with van der Waals surface area (Å²) >= 11 is 2.90. The van der Waals surface area contributed by atoms with E-state index in [1.165, 1.54) is 0 Å². The van der Waals surface area contributed by atoms with Crippen molar-refractivity contribution in [1.29, 1.82) is 0 Å². The second-order valence-corrected chi connectivity index (χ2v) is 9.61. The second kappa shape index (κ2) is 15.2. The van der Waals surface area contributed by atoms with Crippen LogP contribution in [-0.2, 0) is 27.5 Å². The van der Waals surface area contributed by atoms with E-state index in [0.717, 1.165) is 17.5 Å². The minimum absolute atomic E-state index is 0.0452. The van der Waals surface area contributed by atoms with Crippen LogP contribution in [0, 0.1) is 11.8 Å². The molecule has 0 heterocycles. The molecule has 0 aliphatic heterocycles. The van der Waals surface area contributed by atoms with Gasteiger partial charge in [0.05, 0.1) is 0 Å². The summed E-state index contributed by atoms with van der Waals surface area (Å²) in [7, 11) is 0. The van der Waals surface area contributed by atoms with Gasteiger partial charge in [-0.05, 0) is 0 Å². The maximum atomic E-state index is 12.8. The molecule has 0 aliphatic carbocycles. The fourth-order valence-electron chi connectivity index (χ4n) is 3.19. The van der Waals surface area contributed by atoms with Gasteiger partial charge in [-0.2, -0.15) is 0 Å². The Morgan fingerprint density at radius 2 is 1.43 bits per heavy atom. The van der Waals surface area contributed by atoms with E-state index in [2.05, 4.69) is 31.6 Å². The van der Waals surface area contributed by atoms with Crippen molar-refractivity contribution in [2.24, 2.45) is 16.8 Å². The summed E-state index contributed by atoms with van der Waals surface area (Å²) in [4.78, 5) is 29.6. The third kappa shape index (κ3) is 10.5. The number of carbonyl (C=O) groups excluding carboxylic acids is 2. The number of nitrogens with zero attached hydrogens (tertiary/aromatic N) is 1. The molecular weight excluding hydrogens is 509 g/mol. The molecule has 0 unspecified atom stereocenters. The van der Waals surface area contributed by atoms with Gasteiger partial charge >= 0.3 is 217 Å². The van der Waals surface area contributed by atoms with Crippen LogP contribution < -0.4 is 10.6 Å². The van der Waals surface area contributed by atoms with Gasteiger partial charge in [0.2, 0.25) is 0 Å². The van der Waals surface area contributed by atoms with Gasteiger partial charge in [0.15, 0.2) is 0 Å². The molecule has 0 bridgehead atoms. The predicted molar refractivity (Wildman–Crippen MR) is 139 cm³/mol. The molecule has 2 rings (SSSR count). The van der Waals surface area contributed by atoms with Crippen molar-refractivity contribution in [2.75, 3.05) is 6.54 Å². The number of aliphatic imine (C=N–C) groups is 1. The third-order valence-electron chi connectivity index (χ3n) is 5.72. The Balaban J connectivity index is 1.91. The zero-order valence-electron chi connectivity index (χ0n) is 20.9. The summed E-state index contributed by atoms with van der Waals surface area (Å²) in [5, 5.41) is 6.06. The van der Waals surface area contributed by atoms with Gasteiger partial charge in [-0.3, -0.25) is 0 Å². The van der Waals surface area contributed by atoms with E-state index in [1.54, 1.807) is 0 Å². The first-order valence-electron chi connectivity index (χ1n) is 12.0. The Morgan fingerprint density at radius 1 is 0.886 bits per heavy atom. The quantitative estimate of drug-likeness (QED) is 0.181. The normalized spacial score (nSPS) is 14.0. The summed E-state index contributed by atoms with van der Waals surface area (Å²) in [6.07, 6.45) is 0.314. The molecule has 3 atom stereocenters. The minimum atomic E-state index is -0.537. The molecule has 0 fully saturated rings. The van der Waals surface area contributed by atoms with E-state index in [0.29, 0.717) is 11.3 Å². The summed E-state index contributed by atoms with van der Waals surface area (Å²) in [5.41, 5.74) is 1.86. The van der Waals surface area contributed by atoms with Gasteiger partial charge in [-0.25, -0.2) is 0 Å². The molecule has 7 nitrogen and oxygen atoms in total. The number of ether oxygens (including phenoxy) is 2. The van der Waals surface area contributed by atoms with Crippen molar-refractivity contribution in [3.63, 3.8) is 0 Å². The average molecular weight is 546 g/mol. The van der Waals surface area contributed by atoms with E-state index in [9.17, 15) is 9.59 Å². The molecule has 0 saturated heterocycles. The van der Waals surface area contributed by atoms with Crippen LogP contribution in [-0.4, -0.2) is 51.4 Å². The number of amides is 1. The van der Waals surface area contributed by atoms with Gasteiger partial charge in [-0.15, -0.1) is 0 Å². The molecular formula is C27H36N3O4Se. The fourth-order valence-corrected chi connectivity index (χ4v) is 3.61. The molecule has 35 heavy (non-hydrogen) atoms. The van der Waals surface area contributed by atoms with Crippen LogP contribution in [0.1, 0.15) is 45.2 Å². The van der Waals surface area contributed by atoms with Crippen molar-refractivity contribution in [1.82, 2.24) is 10.6 Å². The second-order valence-electron chi connectivity index (χ2n) is 8.80. The Bertz CT molecular complexity index is 938. The van der Waals surface area contributed by atoms with E-state index < -0.39 is 12.1 Å². The SMILES string of the molecule is CC[C@H](C)[C@H](NC([Se])=NC[C@@H](NC(=O)OCc1ccccc1)C(C)C)C(=O)OCc1ccccc1. The molecule has 8 heteroatoms. The Morgan fingerprint density at radius 3 is 1.94 bits per heavy atom. The molecule has 1 radical (unpaired) electrons. The van der Waals surface area contributed by atoms with Crippen LogP contribution in [0.4, 0.5) is 4.79 Å². The maximum absolute atomic E-state index is 12.8. The van der Waals surface area contributed by atoms with Gasteiger partial charge in [0, 0.05) is 0 Å². The van der Waals surface area contributed by atoms with Crippen molar-refractivity contribution in [3.05, 3.63) is 71.8 Å². The van der Waals surface area contributed by atoms with Gasteiger partial charge < -0.3 is 0 Å². The average Bonchev–Trinajstić information content (AvgIpc) is 2.87. The topological polar surface area (TPSA) is 89.0 Å². The Hall–Kier alpha value is -2.83. The fraction of sp³-hybridized carbons (Fsp3) is 0.444. The van der Waals surface area contributed by atoms with E-state index in [1.807, 2.05) is 88.4 Å². The van der Waals surface area contributed by atoms with E-state index in [-0.39, 0.29) is 37.1 Å². The van der Waals surface area contributed by atoms with E-state index in [4.69, 9.17) is 9.47 Å².